The Kier molecular flexibility index (Phi) is 7.08. The van der Waals surface area contributed by atoms with Gasteiger partial charge in [-0.15, -0.1) is 0 Å². The summed E-state index contributed by atoms with van der Waals surface area (Å²) in [4.78, 5) is 10.6. The second-order valence-electron chi connectivity index (χ2n) is 2.28. The van der Waals surface area contributed by atoms with Crippen LogP contribution in [0.1, 0.15) is 26.2 Å². The lowest BCUT2D eigenvalue weighted by atomic mass is 10.3. The molecule has 0 aromatic heterocycles. The molecule has 0 spiro atoms. The lowest BCUT2D eigenvalue weighted by molar-refractivity contribution is -0.121. The summed E-state index contributed by atoms with van der Waals surface area (Å²) in [5, 5.41) is 0. The Hall–Kier alpha value is -0.610. The highest BCUT2D eigenvalue weighted by atomic mass is 16.5. The maximum Gasteiger partial charge on any atom is 0.233 e. The molecule has 0 aliphatic carbocycles. The molecular weight excluding hydrogens is 144 g/mol. The van der Waals surface area contributed by atoms with Crippen molar-refractivity contribution in [1.82, 2.24) is 5.43 Å². The molecule has 66 valence electrons. The summed E-state index contributed by atoms with van der Waals surface area (Å²) in [6.45, 7) is 3.46. The Bertz CT molecular complexity index is 107. The molecule has 0 atom stereocenters. The predicted molar refractivity (Wildman–Crippen MR) is 42.7 cm³/mol. The van der Waals surface area contributed by atoms with E-state index in [9.17, 15) is 4.79 Å². The van der Waals surface area contributed by atoms with Crippen LogP contribution in [0.25, 0.3) is 0 Å². The Balaban J connectivity index is 2.95. The number of carbonyl (C=O) groups excluding carboxylic acids is 1. The molecule has 0 unspecified atom stereocenters. The van der Waals surface area contributed by atoms with Crippen LogP contribution in [0.15, 0.2) is 0 Å². The number of carbonyl (C=O) groups is 1. The maximum atomic E-state index is 10.6. The first-order valence-electron chi connectivity index (χ1n) is 3.88. The highest BCUT2D eigenvalue weighted by molar-refractivity contribution is 5.75. The van der Waals surface area contributed by atoms with Crippen LogP contribution < -0.4 is 11.3 Å². The van der Waals surface area contributed by atoms with Crippen LogP contribution in [0.2, 0.25) is 0 Å². The van der Waals surface area contributed by atoms with Gasteiger partial charge in [0.1, 0.15) is 0 Å². The van der Waals surface area contributed by atoms with Gasteiger partial charge in [-0.3, -0.25) is 10.2 Å². The smallest absolute Gasteiger partial charge is 0.233 e. The highest BCUT2D eigenvalue weighted by Crippen LogP contribution is 1.90. The molecule has 0 radical (unpaired) electrons. The largest absolute Gasteiger partial charge is 0.381 e. The van der Waals surface area contributed by atoms with E-state index in [1.54, 1.807) is 0 Å². The zero-order valence-electron chi connectivity index (χ0n) is 6.93. The van der Waals surface area contributed by atoms with Crippen LogP contribution in [0, 0.1) is 0 Å². The van der Waals surface area contributed by atoms with Crippen molar-refractivity contribution in [2.45, 2.75) is 26.2 Å². The third kappa shape index (κ3) is 7.29. The fraction of sp³-hybridized carbons (Fsp3) is 0.857. The van der Waals surface area contributed by atoms with Crippen LogP contribution in [0.4, 0.5) is 0 Å². The fourth-order valence-electron chi connectivity index (χ4n) is 0.653. The molecule has 0 fully saturated rings. The van der Waals surface area contributed by atoms with Crippen molar-refractivity contribution in [1.29, 1.82) is 0 Å². The lowest BCUT2D eigenvalue weighted by Crippen LogP contribution is -2.29. The first-order valence-corrected chi connectivity index (χ1v) is 3.88. The molecular formula is C7H16N2O2. The molecule has 0 aromatic carbocycles. The van der Waals surface area contributed by atoms with Gasteiger partial charge in [-0.25, -0.2) is 5.84 Å². The molecule has 1 amide bonds. The number of nitrogens with two attached hydrogens (primary N) is 1. The van der Waals surface area contributed by atoms with Crippen molar-refractivity contribution in [3.63, 3.8) is 0 Å². The summed E-state index contributed by atoms with van der Waals surface area (Å²) in [5.74, 6) is 4.74. The van der Waals surface area contributed by atoms with Gasteiger partial charge in [-0.1, -0.05) is 6.92 Å². The van der Waals surface area contributed by atoms with Crippen molar-refractivity contribution >= 4 is 5.91 Å². The van der Waals surface area contributed by atoms with Gasteiger partial charge in [0.2, 0.25) is 5.91 Å². The molecule has 0 aliphatic heterocycles. The molecule has 0 saturated carbocycles. The van der Waals surface area contributed by atoms with E-state index in [0.29, 0.717) is 13.0 Å². The Labute approximate surface area is 67.1 Å². The molecule has 0 aliphatic rings. The summed E-state index contributed by atoms with van der Waals surface area (Å²) in [6, 6.07) is 0. The zero-order chi connectivity index (χ0) is 8.53. The molecule has 0 bridgehead atoms. The molecule has 0 rings (SSSR count). The average Bonchev–Trinajstić information content (AvgIpc) is 2.04. The minimum atomic E-state index is -0.134. The number of hydrogen-bond acceptors (Lipinski definition) is 3. The van der Waals surface area contributed by atoms with E-state index in [1.807, 2.05) is 6.92 Å². The lowest BCUT2D eigenvalue weighted by Gasteiger charge is -2.00. The summed E-state index contributed by atoms with van der Waals surface area (Å²) in [5.41, 5.74) is 2.06. The SMILES string of the molecule is CCCOCCCC(=O)NN. The van der Waals surface area contributed by atoms with E-state index in [0.717, 1.165) is 19.4 Å². The third-order valence-corrected chi connectivity index (χ3v) is 1.20. The highest BCUT2D eigenvalue weighted by Gasteiger charge is 1.96. The monoisotopic (exact) mass is 160 g/mol. The van der Waals surface area contributed by atoms with E-state index in [2.05, 4.69) is 5.43 Å². The normalized spacial score (nSPS) is 9.64. The van der Waals surface area contributed by atoms with Crippen molar-refractivity contribution in [3.05, 3.63) is 0 Å². The van der Waals surface area contributed by atoms with Gasteiger partial charge in [0.15, 0.2) is 0 Å². The molecule has 0 aromatic rings. The molecule has 11 heavy (non-hydrogen) atoms. The third-order valence-electron chi connectivity index (χ3n) is 1.20. The number of hydrazine groups is 1. The maximum absolute atomic E-state index is 10.6. The number of nitrogens with one attached hydrogen (secondary N) is 1. The van der Waals surface area contributed by atoms with E-state index in [4.69, 9.17) is 10.6 Å². The Morgan fingerprint density at radius 3 is 2.82 bits per heavy atom. The number of amides is 1. The van der Waals surface area contributed by atoms with Crippen LogP contribution in [0.3, 0.4) is 0 Å². The van der Waals surface area contributed by atoms with Gasteiger partial charge in [-0.05, 0) is 12.8 Å². The van der Waals surface area contributed by atoms with Gasteiger partial charge in [0, 0.05) is 19.6 Å². The zero-order valence-corrected chi connectivity index (χ0v) is 6.93. The van der Waals surface area contributed by atoms with Crippen LogP contribution in [0.5, 0.6) is 0 Å². The van der Waals surface area contributed by atoms with E-state index in [-0.39, 0.29) is 5.91 Å². The Morgan fingerprint density at radius 1 is 1.55 bits per heavy atom. The van der Waals surface area contributed by atoms with Crippen molar-refractivity contribution < 1.29 is 9.53 Å². The van der Waals surface area contributed by atoms with Gasteiger partial charge >= 0.3 is 0 Å². The summed E-state index contributed by atoms with van der Waals surface area (Å²) in [6.07, 6.45) is 2.20. The second kappa shape index (κ2) is 7.50. The summed E-state index contributed by atoms with van der Waals surface area (Å²) >= 11 is 0. The molecule has 3 N–H and O–H groups in total. The minimum absolute atomic E-state index is 0.134. The van der Waals surface area contributed by atoms with Crippen LogP contribution >= 0.6 is 0 Å². The van der Waals surface area contributed by atoms with Crippen molar-refractivity contribution in [3.8, 4) is 0 Å². The number of hydrogen-bond donors (Lipinski definition) is 2. The van der Waals surface area contributed by atoms with E-state index in [1.165, 1.54) is 0 Å². The van der Waals surface area contributed by atoms with Crippen LogP contribution in [-0.2, 0) is 9.53 Å². The molecule has 0 saturated heterocycles. The quantitative estimate of drug-likeness (QED) is 0.252. The van der Waals surface area contributed by atoms with Crippen molar-refractivity contribution in [2.24, 2.45) is 5.84 Å². The second-order valence-corrected chi connectivity index (χ2v) is 2.28. The standard InChI is InChI=1S/C7H16N2O2/c1-2-5-11-6-3-4-7(10)9-8/h2-6,8H2,1H3,(H,9,10). The van der Waals surface area contributed by atoms with Gasteiger partial charge in [-0.2, -0.15) is 0 Å². The van der Waals surface area contributed by atoms with E-state index >= 15 is 0 Å². The van der Waals surface area contributed by atoms with Gasteiger partial charge in [0.25, 0.3) is 0 Å². The molecule has 4 heteroatoms. The van der Waals surface area contributed by atoms with Gasteiger partial charge < -0.3 is 4.74 Å². The van der Waals surface area contributed by atoms with E-state index < -0.39 is 0 Å². The van der Waals surface area contributed by atoms with Crippen molar-refractivity contribution in [2.75, 3.05) is 13.2 Å². The molecule has 4 nitrogen and oxygen atoms in total. The summed E-state index contributed by atoms with van der Waals surface area (Å²) in [7, 11) is 0. The number of ether oxygens (including phenoxy) is 1. The Morgan fingerprint density at radius 2 is 2.27 bits per heavy atom. The number of rotatable bonds is 6. The summed E-state index contributed by atoms with van der Waals surface area (Å²) < 4.78 is 5.16. The minimum Gasteiger partial charge on any atom is -0.381 e. The first kappa shape index (κ1) is 10.4. The average molecular weight is 160 g/mol. The predicted octanol–water partition coefficient (Wildman–Crippen LogP) is 0.183. The first-order chi connectivity index (χ1) is 5.31. The molecule has 0 heterocycles. The fourth-order valence-corrected chi connectivity index (χ4v) is 0.653. The van der Waals surface area contributed by atoms with Crippen LogP contribution in [-0.4, -0.2) is 19.1 Å². The topological polar surface area (TPSA) is 64.3 Å². The van der Waals surface area contributed by atoms with Gasteiger partial charge in [0.05, 0.1) is 0 Å².